The molecule has 4 heterocycles. The summed E-state index contributed by atoms with van der Waals surface area (Å²) in [7, 11) is 0. The molecule has 0 amide bonds. The molecule has 2 saturated carbocycles. The number of nitrogens with one attached hydrogen (secondary N) is 1. The van der Waals surface area contributed by atoms with Crippen molar-refractivity contribution in [2.75, 3.05) is 37.7 Å². The molecule has 5 atom stereocenters. The normalized spacial score (nSPS) is 29.0. The molecular formula is C35H35F4N5O3. The molecular weight excluding hydrogens is 614 g/mol. The Kier molecular flexibility index (Phi) is 6.64. The minimum absolute atomic E-state index is 0.0248. The van der Waals surface area contributed by atoms with E-state index in [1.54, 1.807) is 0 Å². The fourth-order valence-corrected chi connectivity index (χ4v) is 8.82. The molecule has 8 nitrogen and oxygen atoms in total. The van der Waals surface area contributed by atoms with Gasteiger partial charge in [0.15, 0.2) is 17.5 Å². The van der Waals surface area contributed by atoms with Crippen molar-refractivity contribution in [2.45, 2.75) is 69.0 Å². The van der Waals surface area contributed by atoms with E-state index >= 15 is 13.2 Å². The van der Waals surface area contributed by atoms with Gasteiger partial charge in [0.2, 0.25) is 0 Å². The summed E-state index contributed by atoms with van der Waals surface area (Å²) in [6.07, 6.45) is 6.42. The number of anilines is 1. The number of halogens is 4. The summed E-state index contributed by atoms with van der Waals surface area (Å²) in [6, 6.07) is 4.10. The predicted molar refractivity (Wildman–Crippen MR) is 165 cm³/mol. The van der Waals surface area contributed by atoms with E-state index in [-0.39, 0.29) is 69.7 Å². The number of aromatic nitrogens is 2. The lowest BCUT2D eigenvalue weighted by Crippen LogP contribution is -2.51. The highest BCUT2D eigenvalue weighted by Gasteiger charge is 2.51. The summed E-state index contributed by atoms with van der Waals surface area (Å²) in [5.41, 5.74) is -0.816. The Morgan fingerprint density at radius 2 is 1.77 bits per heavy atom. The largest absolute Gasteiger partial charge is 0.512 e. The smallest absolute Gasteiger partial charge is 0.319 e. The van der Waals surface area contributed by atoms with Gasteiger partial charge in [-0.05, 0) is 55.9 Å². The van der Waals surface area contributed by atoms with Crippen molar-refractivity contribution in [3.05, 3.63) is 63.9 Å². The third-order valence-electron chi connectivity index (χ3n) is 11.4. The molecule has 3 saturated heterocycles. The van der Waals surface area contributed by atoms with Crippen molar-refractivity contribution in [1.82, 2.24) is 20.2 Å². The third-order valence-corrected chi connectivity index (χ3v) is 11.4. The number of allylic oxidation sites excluding steroid dienone is 1. The highest BCUT2D eigenvalue weighted by molar-refractivity contribution is 5.91. The fourth-order valence-electron chi connectivity index (χ4n) is 8.82. The predicted octanol–water partition coefficient (Wildman–Crippen LogP) is 5.38. The van der Waals surface area contributed by atoms with E-state index in [0.29, 0.717) is 37.7 Å². The SMILES string of the molecule is O=C1CC2CC1CN2CC1(COc2nc(N3CC4CCC(C3)N4)c3cc(F)c(C4CC(O)=Cc5ccc(F)c(F)c54)c(F)c3n2)CC1. The molecule has 0 radical (unpaired) electrons. The van der Waals surface area contributed by atoms with E-state index in [1.807, 2.05) is 4.90 Å². The number of benzene rings is 2. The van der Waals surface area contributed by atoms with Crippen molar-refractivity contribution in [2.24, 2.45) is 11.3 Å². The lowest BCUT2D eigenvalue weighted by atomic mass is 9.80. The first-order valence-corrected chi connectivity index (χ1v) is 16.6. The molecule has 1 aromatic heterocycles. The third kappa shape index (κ3) is 4.89. The number of ketones is 1. The highest BCUT2D eigenvalue weighted by atomic mass is 19.2. The van der Waals surface area contributed by atoms with E-state index in [2.05, 4.69) is 15.2 Å². The van der Waals surface area contributed by atoms with Gasteiger partial charge in [-0.2, -0.15) is 9.97 Å². The molecule has 12 heteroatoms. The number of carbonyl (C=O) groups is 1. The molecule has 3 aliphatic carbocycles. The number of hydrogen-bond donors (Lipinski definition) is 2. The summed E-state index contributed by atoms with van der Waals surface area (Å²) in [5, 5.41) is 14.2. The van der Waals surface area contributed by atoms with Crippen LogP contribution in [0.25, 0.3) is 17.0 Å². The lowest BCUT2D eigenvalue weighted by Gasteiger charge is -2.34. The average Bonchev–Trinajstić information content (AvgIpc) is 3.36. The molecule has 5 fully saturated rings. The van der Waals surface area contributed by atoms with Crippen LogP contribution in [0.3, 0.4) is 0 Å². The number of fused-ring (bicyclic) bond motifs is 6. The molecule has 4 bridgehead atoms. The Balaban J connectivity index is 1.10. The van der Waals surface area contributed by atoms with Gasteiger partial charge in [-0.3, -0.25) is 9.69 Å². The summed E-state index contributed by atoms with van der Waals surface area (Å²) in [6.45, 7) is 3.12. The van der Waals surface area contributed by atoms with Crippen LogP contribution >= 0.6 is 0 Å². The Morgan fingerprint density at radius 3 is 2.47 bits per heavy atom. The van der Waals surface area contributed by atoms with Gasteiger partial charge in [0, 0.05) is 90.9 Å². The maximum atomic E-state index is 16.8. The van der Waals surface area contributed by atoms with E-state index in [1.165, 1.54) is 18.2 Å². The molecule has 3 aliphatic heterocycles. The number of carbonyl (C=O) groups excluding carboxylic acids is 1. The second kappa shape index (κ2) is 10.6. The molecule has 3 aromatic rings. The zero-order chi connectivity index (χ0) is 32.2. The summed E-state index contributed by atoms with van der Waals surface area (Å²) in [5.74, 6) is -4.95. The molecule has 5 unspecified atom stereocenters. The molecule has 0 spiro atoms. The van der Waals surface area contributed by atoms with E-state index in [4.69, 9.17) is 9.72 Å². The van der Waals surface area contributed by atoms with Gasteiger partial charge < -0.3 is 20.1 Å². The maximum absolute atomic E-state index is 16.8. The number of aliphatic hydroxyl groups excluding tert-OH is 1. The van der Waals surface area contributed by atoms with Crippen LogP contribution in [-0.2, 0) is 4.79 Å². The number of hydrogen-bond acceptors (Lipinski definition) is 8. The lowest BCUT2D eigenvalue weighted by molar-refractivity contribution is -0.122. The highest BCUT2D eigenvalue weighted by Crippen LogP contribution is 2.49. The van der Waals surface area contributed by atoms with Crippen LogP contribution in [0, 0.1) is 34.6 Å². The van der Waals surface area contributed by atoms with Gasteiger partial charge in [0.1, 0.15) is 22.9 Å². The van der Waals surface area contributed by atoms with Gasteiger partial charge in [-0.25, -0.2) is 17.6 Å². The van der Waals surface area contributed by atoms with Crippen molar-refractivity contribution in [1.29, 1.82) is 0 Å². The van der Waals surface area contributed by atoms with Crippen LogP contribution in [0.4, 0.5) is 23.4 Å². The molecule has 2 aromatic carbocycles. The summed E-state index contributed by atoms with van der Waals surface area (Å²) in [4.78, 5) is 25.7. The summed E-state index contributed by atoms with van der Waals surface area (Å²) >= 11 is 0. The quantitative estimate of drug-likeness (QED) is 0.330. The van der Waals surface area contributed by atoms with Crippen molar-refractivity contribution in [3.63, 3.8) is 0 Å². The molecule has 9 rings (SSSR count). The van der Waals surface area contributed by atoms with E-state index in [0.717, 1.165) is 51.3 Å². The average molecular weight is 650 g/mol. The zero-order valence-electron chi connectivity index (χ0n) is 25.7. The number of nitrogens with zero attached hydrogens (tertiary/aromatic N) is 4. The second-order valence-corrected chi connectivity index (χ2v) is 14.6. The molecule has 2 N–H and O–H groups in total. The first-order valence-electron chi connectivity index (χ1n) is 16.6. The number of rotatable bonds is 7. The Morgan fingerprint density at radius 1 is 0.979 bits per heavy atom. The minimum atomic E-state index is -1.31. The van der Waals surface area contributed by atoms with Crippen LogP contribution in [0.5, 0.6) is 6.01 Å². The maximum Gasteiger partial charge on any atom is 0.319 e. The standard InChI is InChI=1S/C35H35F4N5O3/c36-25-4-1-17-8-22(45)10-23(28(17)30(25)38)29-26(37)11-24-32(31(29)39)41-34(42-33(24)43-13-19-2-3-20(14-43)40-19)47-16-35(5-6-35)15-44-12-18-7-21(44)9-27(18)46/h1,4,8,11,18-21,23,40,45H,2-3,5-7,9-10,12-16H2. The Hall–Kier alpha value is -3.77. The van der Waals surface area contributed by atoms with E-state index < -0.39 is 34.8 Å². The Bertz CT molecular complexity index is 1850. The monoisotopic (exact) mass is 649 g/mol. The van der Waals surface area contributed by atoms with Crippen LogP contribution in [-0.4, -0.2) is 76.7 Å². The number of likely N-dealkylation sites (tertiary alicyclic amines) is 1. The van der Waals surface area contributed by atoms with Crippen molar-refractivity contribution in [3.8, 4) is 6.01 Å². The van der Waals surface area contributed by atoms with Gasteiger partial charge in [0.25, 0.3) is 0 Å². The first-order chi connectivity index (χ1) is 22.6. The molecule has 6 aliphatic rings. The van der Waals surface area contributed by atoms with Crippen LogP contribution < -0.4 is 15.0 Å². The first kappa shape index (κ1) is 29.4. The van der Waals surface area contributed by atoms with Gasteiger partial charge >= 0.3 is 6.01 Å². The van der Waals surface area contributed by atoms with Gasteiger partial charge in [-0.1, -0.05) is 6.07 Å². The number of Topliss-reactive ketones (excluding diaryl/α,β-unsaturated/α-hetero) is 1. The van der Waals surface area contributed by atoms with Gasteiger partial charge in [0.05, 0.1) is 12.4 Å². The van der Waals surface area contributed by atoms with Gasteiger partial charge in [-0.15, -0.1) is 0 Å². The number of aliphatic hydroxyl groups is 1. The van der Waals surface area contributed by atoms with Crippen LogP contribution in [0.1, 0.15) is 67.6 Å². The van der Waals surface area contributed by atoms with E-state index in [9.17, 15) is 14.3 Å². The molecule has 47 heavy (non-hydrogen) atoms. The zero-order valence-corrected chi connectivity index (χ0v) is 25.7. The number of ether oxygens (including phenoxy) is 1. The second-order valence-electron chi connectivity index (χ2n) is 14.6. The van der Waals surface area contributed by atoms with Crippen LogP contribution in [0.2, 0.25) is 0 Å². The summed E-state index contributed by atoms with van der Waals surface area (Å²) < 4.78 is 68.7. The topological polar surface area (TPSA) is 90.8 Å². The number of piperidine rings is 1. The molecule has 246 valence electrons. The Labute approximate surface area is 268 Å². The van der Waals surface area contributed by atoms with Crippen LogP contribution in [0.15, 0.2) is 24.0 Å². The van der Waals surface area contributed by atoms with Crippen molar-refractivity contribution < 1.29 is 32.2 Å². The fraction of sp³-hybridized carbons (Fsp3) is 0.514. The van der Waals surface area contributed by atoms with Crippen molar-refractivity contribution >= 4 is 28.6 Å². The minimum Gasteiger partial charge on any atom is -0.512 e. The number of piperazine rings is 1.